The van der Waals surface area contributed by atoms with Gasteiger partial charge in [0.25, 0.3) is 0 Å². The number of likely N-dealkylation sites (tertiary alicyclic amines) is 1. The highest BCUT2D eigenvalue weighted by Gasteiger charge is 2.23. The maximum absolute atomic E-state index is 12.6. The van der Waals surface area contributed by atoms with Crippen molar-refractivity contribution in [1.82, 2.24) is 15.2 Å². The highest BCUT2D eigenvalue weighted by atomic mass is 35.5. The minimum absolute atomic E-state index is 0.0179. The molecule has 0 bridgehead atoms. The lowest BCUT2D eigenvalue weighted by molar-refractivity contribution is -0.121. The van der Waals surface area contributed by atoms with Crippen LogP contribution in [0.3, 0.4) is 0 Å². The molecule has 0 unspecified atom stereocenters. The van der Waals surface area contributed by atoms with E-state index in [0.717, 1.165) is 31.5 Å². The predicted octanol–water partition coefficient (Wildman–Crippen LogP) is 4.86. The Hall–Kier alpha value is -3.53. The first kappa shape index (κ1) is 26.5. The lowest BCUT2D eigenvalue weighted by atomic mass is 9.96. The Kier molecular flexibility index (Phi) is 9.05. The van der Waals surface area contributed by atoms with Gasteiger partial charge in [0.15, 0.2) is 5.11 Å². The topological polar surface area (TPSA) is 95.6 Å². The molecule has 0 spiro atoms. The Bertz CT molecular complexity index is 1270. The molecule has 3 N–H and O–H groups in total. The summed E-state index contributed by atoms with van der Waals surface area (Å²) in [6, 6.07) is 17.8. The lowest BCUT2D eigenvalue weighted by Crippen LogP contribution is -2.36. The van der Waals surface area contributed by atoms with Crippen LogP contribution in [0.15, 0.2) is 66.9 Å². The largest absolute Gasteiger partial charge is 0.457 e. The number of hydrogen-bond donors (Lipinski definition) is 3. The lowest BCUT2D eigenvalue weighted by Gasteiger charge is -2.27. The summed E-state index contributed by atoms with van der Waals surface area (Å²) in [5.41, 5.74) is 1.42. The smallest absolute Gasteiger partial charge is 0.230 e. The van der Waals surface area contributed by atoms with Crippen molar-refractivity contribution in [3.05, 3.63) is 77.4 Å². The van der Waals surface area contributed by atoms with E-state index in [2.05, 4.69) is 32.9 Å². The molecule has 8 nitrogen and oxygen atoms in total. The van der Waals surface area contributed by atoms with E-state index in [0.29, 0.717) is 28.0 Å². The summed E-state index contributed by atoms with van der Waals surface area (Å²) >= 11 is 11.7. The number of amides is 2. The van der Waals surface area contributed by atoms with Crippen LogP contribution < -0.4 is 20.7 Å². The Morgan fingerprint density at radius 2 is 1.78 bits per heavy atom. The Balaban J connectivity index is 1.31. The van der Waals surface area contributed by atoms with Gasteiger partial charge < -0.3 is 25.6 Å². The van der Waals surface area contributed by atoms with E-state index >= 15 is 0 Å². The van der Waals surface area contributed by atoms with Crippen molar-refractivity contribution in [1.29, 1.82) is 0 Å². The number of aromatic nitrogens is 1. The number of carbonyl (C=O) groups is 2. The molecule has 1 saturated heterocycles. The van der Waals surface area contributed by atoms with Crippen molar-refractivity contribution in [2.24, 2.45) is 5.92 Å². The average molecular weight is 538 g/mol. The predicted molar refractivity (Wildman–Crippen MR) is 149 cm³/mol. The number of rotatable bonds is 7. The molecule has 3 aromatic rings. The van der Waals surface area contributed by atoms with Crippen LogP contribution in [-0.2, 0) is 16.0 Å². The van der Waals surface area contributed by atoms with Gasteiger partial charge in [-0.2, -0.15) is 0 Å². The van der Waals surface area contributed by atoms with Crippen LogP contribution in [0, 0.1) is 5.92 Å². The minimum Gasteiger partial charge on any atom is -0.457 e. The standard InChI is InChI=1S/C27H28ClN5O3S/c1-33-13-10-19(11-14-33)26(35)31-24-17-21(9-12-29-24)36-20-7-8-23(22(28)16-20)30-27(37)32-25(34)15-18-5-3-2-4-6-18/h2-9,12,16-17,19H,10-11,13-15H2,1H3,(H,29,31,35)(H2,30,32,34,37). The number of benzene rings is 2. The molecule has 2 amide bonds. The van der Waals surface area contributed by atoms with Crippen LogP contribution >= 0.6 is 23.8 Å². The van der Waals surface area contributed by atoms with Crippen molar-refractivity contribution < 1.29 is 14.3 Å². The third kappa shape index (κ3) is 7.98. The third-order valence-electron chi connectivity index (χ3n) is 5.96. The van der Waals surface area contributed by atoms with Crippen LogP contribution in [0.2, 0.25) is 5.02 Å². The number of anilines is 2. The fourth-order valence-electron chi connectivity index (χ4n) is 3.94. The Morgan fingerprint density at radius 1 is 1.05 bits per heavy atom. The number of halogens is 1. The summed E-state index contributed by atoms with van der Waals surface area (Å²) < 4.78 is 5.92. The van der Waals surface area contributed by atoms with Gasteiger partial charge >= 0.3 is 0 Å². The molecule has 1 aliphatic rings. The summed E-state index contributed by atoms with van der Waals surface area (Å²) in [5, 5.41) is 8.99. The Labute approximate surface area is 226 Å². The van der Waals surface area contributed by atoms with E-state index in [1.165, 1.54) is 0 Å². The number of pyridine rings is 1. The molecule has 0 aliphatic carbocycles. The number of thiocarbonyl (C=S) groups is 1. The zero-order valence-corrected chi connectivity index (χ0v) is 21.9. The maximum Gasteiger partial charge on any atom is 0.230 e. The van der Waals surface area contributed by atoms with Crippen LogP contribution in [0.1, 0.15) is 18.4 Å². The molecule has 192 valence electrons. The van der Waals surface area contributed by atoms with Crippen molar-refractivity contribution in [3.8, 4) is 11.5 Å². The zero-order chi connectivity index (χ0) is 26.2. The first-order valence-corrected chi connectivity index (χ1v) is 12.7. The summed E-state index contributed by atoms with van der Waals surface area (Å²) in [6.45, 7) is 1.82. The first-order chi connectivity index (χ1) is 17.9. The number of nitrogens with one attached hydrogen (secondary N) is 3. The van der Waals surface area contributed by atoms with Crippen LogP contribution in [0.25, 0.3) is 0 Å². The molecule has 1 aromatic heterocycles. The molecular weight excluding hydrogens is 510 g/mol. The van der Waals surface area contributed by atoms with Crippen molar-refractivity contribution in [3.63, 3.8) is 0 Å². The van der Waals surface area contributed by atoms with Gasteiger partial charge in [0.1, 0.15) is 17.3 Å². The summed E-state index contributed by atoms with van der Waals surface area (Å²) in [6.07, 6.45) is 3.46. The molecule has 0 saturated carbocycles. The molecule has 10 heteroatoms. The van der Waals surface area contributed by atoms with Crippen molar-refractivity contribution >= 4 is 52.3 Å². The average Bonchev–Trinajstić information content (AvgIpc) is 2.87. The number of piperidine rings is 1. The number of carbonyl (C=O) groups excluding carboxylic acids is 2. The van der Waals surface area contributed by atoms with E-state index in [9.17, 15) is 9.59 Å². The maximum atomic E-state index is 12.6. The molecule has 0 atom stereocenters. The number of ether oxygens (including phenoxy) is 1. The molecule has 0 radical (unpaired) electrons. The fourth-order valence-corrected chi connectivity index (χ4v) is 4.39. The molecule has 37 heavy (non-hydrogen) atoms. The quantitative estimate of drug-likeness (QED) is 0.370. The first-order valence-electron chi connectivity index (χ1n) is 11.9. The summed E-state index contributed by atoms with van der Waals surface area (Å²) in [5.74, 6) is 1.17. The van der Waals surface area contributed by atoms with Gasteiger partial charge in [-0.1, -0.05) is 41.9 Å². The van der Waals surface area contributed by atoms with E-state index < -0.39 is 0 Å². The second-order valence-corrected chi connectivity index (χ2v) is 9.67. The van der Waals surface area contributed by atoms with E-state index in [4.69, 9.17) is 28.6 Å². The van der Waals surface area contributed by atoms with Crippen LogP contribution in [0.4, 0.5) is 11.5 Å². The third-order valence-corrected chi connectivity index (χ3v) is 6.47. The molecule has 1 aliphatic heterocycles. The molecular formula is C27H28ClN5O3S. The van der Waals surface area contributed by atoms with Gasteiger partial charge in [-0.3, -0.25) is 9.59 Å². The summed E-state index contributed by atoms with van der Waals surface area (Å²) in [7, 11) is 2.06. The SMILES string of the molecule is CN1CCC(C(=O)Nc2cc(Oc3ccc(NC(=S)NC(=O)Cc4ccccc4)c(Cl)c3)ccn2)CC1. The van der Waals surface area contributed by atoms with E-state index in [1.807, 2.05) is 30.3 Å². The van der Waals surface area contributed by atoms with Gasteiger partial charge in [0.05, 0.1) is 17.1 Å². The zero-order valence-electron chi connectivity index (χ0n) is 20.4. The van der Waals surface area contributed by atoms with Gasteiger partial charge in [0.2, 0.25) is 11.8 Å². The number of hydrogen-bond acceptors (Lipinski definition) is 6. The highest BCUT2D eigenvalue weighted by molar-refractivity contribution is 7.80. The Morgan fingerprint density at radius 3 is 2.51 bits per heavy atom. The van der Waals surface area contributed by atoms with Gasteiger partial charge in [-0.05, 0) is 69.0 Å². The number of nitrogens with zero attached hydrogens (tertiary/aromatic N) is 2. The summed E-state index contributed by atoms with van der Waals surface area (Å²) in [4.78, 5) is 31.3. The van der Waals surface area contributed by atoms with Gasteiger partial charge in [-0.15, -0.1) is 0 Å². The van der Waals surface area contributed by atoms with Crippen molar-refractivity contribution in [2.75, 3.05) is 30.8 Å². The molecule has 4 rings (SSSR count). The molecule has 2 heterocycles. The van der Waals surface area contributed by atoms with E-state index in [-0.39, 0.29) is 29.3 Å². The molecule has 1 fully saturated rings. The molecule has 2 aromatic carbocycles. The second-order valence-electron chi connectivity index (χ2n) is 8.85. The van der Waals surface area contributed by atoms with E-state index in [1.54, 1.807) is 36.5 Å². The van der Waals surface area contributed by atoms with Crippen LogP contribution in [0.5, 0.6) is 11.5 Å². The van der Waals surface area contributed by atoms with Gasteiger partial charge in [0, 0.05) is 24.2 Å². The second kappa shape index (κ2) is 12.6. The minimum atomic E-state index is -0.226. The fraction of sp³-hybridized carbons (Fsp3) is 0.259. The van der Waals surface area contributed by atoms with Crippen LogP contribution in [-0.4, -0.2) is 46.9 Å². The highest BCUT2D eigenvalue weighted by Crippen LogP contribution is 2.30. The monoisotopic (exact) mass is 537 g/mol. The normalized spacial score (nSPS) is 14.0. The van der Waals surface area contributed by atoms with Crippen molar-refractivity contribution in [2.45, 2.75) is 19.3 Å². The van der Waals surface area contributed by atoms with Gasteiger partial charge in [-0.25, -0.2) is 4.98 Å².